The molecule has 2 rings (SSSR count). The number of amides is 2. The first-order valence-corrected chi connectivity index (χ1v) is 8.84. The van der Waals surface area contributed by atoms with Crippen LogP contribution in [0.5, 0.6) is 5.75 Å². The summed E-state index contributed by atoms with van der Waals surface area (Å²) < 4.78 is 5.91. The van der Waals surface area contributed by atoms with Crippen molar-refractivity contribution in [3.05, 3.63) is 24.3 Å². The van der Waals surface area contributed by atoms with Gasteiger partial charge in [-0.2, -0.15) is 0 Å². The van der Waals surface area contributed by atoms with Gasteiger partial charge in [0.25, 0.3) is 0 Å². The number of aliphatic hydroxyl groups excluding tert-OH is 1. The van der Waals surface area contributed by atoms with Crippen molar-refractivity contribution < 1.29 is 14.6 Å². The Morgan fingerprint density at radius 2 is 1.92 bits per heavy atom. The smallest absolute Gasteiger partial charge is 0.319 e. The summed E-state index contributed by atoms with van der Waals surface area (Å²) in [6, 6.07) is 7.25. The van der Waals surface area contributed by atoms with Gasteiger partial charge in [-0.25, -0.2) is 4.79 Å². The molecule has 0 aromatic heterocycles. The summed E-state index contributed by atoms with van der Waals surface area (Å²) in [6.07, 6.45) is 5.35. The molecule has 0 aliphatic heterocycles. The average molecular weight is 334 g/mol. The fourth-order valence-electron chi connectivity index (χ4n) is 3.18. The van der Waals surface area contributed by atoms with E-state index in [0.29, 0.717) is 19.1 Å². The number of hydrogen-bond acceptors (Lipinski definition) is 3. The van der Waals surface area contributed by atoms with E-state index in [1.165, 1.54) is 12.8 Å². The molecule has 3 N–H and O–H groups in total. The maximum atomic E-state index is 12.0. The second kappa shape index (κ2) is 8.38. The third kappa shape index (κ3) is 6.40. The molecule has 2 amide bonds. The molecular weight excluding hydrogens is 304 g/mol. The lowest BCUT2D eigenvalue weighted by molar-refractivity contribution is 0.129. The van der Waals surface area contributed by atoms with Gasteiger partial charge in [0.05, 0.1) is 12.2 Å². The van der Waals surface area contributed by atoms with E-state index >= 15 is 0 Å². The number of ether oxygens (including phenoxy) is 1. The SMILES string of the molecule is CC(O)CC(C)(C)CNC(=O)Nc1ccc(OC2CCCC2)cc1. The Labute approximate surface area is 144 Å². The van der Waals surface area contributed by atoms with Crippen LogP contribution in [-0.4, -0.2) is 29.9 Å². The second-order valence-corrected chi connectivity index (χ2v) is 7.57. The lowest BCUT2D eigenvalue weighted by atomic mass is 9.87. The molecule has 134 valence electrons. The Bertz CT molecular complexity index is 520. The molecule has 1 unspecified atom stereocenters. The van der Waals surface area contributed by atoms with Crippen molar-refractivity contribution in [2.24, 2.45) is 5.41 Å². The standard InChI is InChI=1S/C19H30N2O3/c1-14(22)12-19(2,3)13-20-18(23)21-15-8-10-17(11-9-15)24-16-6-4-5-7-16/h8-11,14,16,22H,4-7,12-13H2,1-3H3,(H2,20,21,23). The molecule has 0 heterocycles. The van der Waals surface area contributed by atoms with Crippen LogP contribution in [0.3, 0.4) is 0 Å². The zero-order chi connectivity index (χ0) is 17.6. The van der Waals surface area contributed by atoms with E-state index in [4.69, 9.17) is 4.74 Å². The summed E-state index contributed by atoms with van der Waals surface area (Å²) in [5.41, 5.74) is 0.587. The number of aliphatic hydroxyl groups is 1. The highest BCUT2D eigenvalue weighted by atomic mass is 16.5. The molecule has 24 heavy (non-hydrogen) atoms. The number of benzene rings is 1. The van der Waals surface area contributed by atoms with Crippen molar-refractivity contribution in [1.82, 2.24) is 5.32 Å². The molecule has 0 spiro atoms. The summed E-state index contributed by atoms with van der Waals surface area (Å²) in [7, 11) is 0. The number of rotatable bonds is 7. The van der Waals surface area contributed by atoms with E-state index in [-0.39, 0.29) is 17.6 Å². The monoisotopic (exact) mass is 334 g/mol. The van der Waals surface area contributed by atoms with Crippen LogP contribution in [0.1, 0.15) is 52.9 Å². The first-order chi connectivity index (χ1) is 11.3. The van der Waals surface area contributed by atoms with Crippen LogP contribution in [0.15, 0.2) is 24.3 Å². The van der Waals surface area contributed by atoms with Crippen LogP contribution in [0.25, 0.3) is 0 Å². The molecule has 1 aromatic rings. The lowest BCUT2D eigenvalue weighted by Crippen LogP contribution is -2.38. The van der Waals surface area contributed by atoms with E-state index in [0.717, 1.165) is 24.3 Å². The molecule has 1 saturated carbocycles. The molecule has 0 bridgehead atoms. The summed E-state index contributed by atoms with van der Waals surface area (Å²) in [5, 5.41) is 15.2. The number of anilines is 1. The third-order valence-electron chi connectivity index (χ3n) is 4.29. The maximum Gasteiger partial charge on any atom is 0.319 e. The minimum Gasteiger partial charge on any atom is -0.490 e. The summed E-state index contributed by atoms with van der Waals surface area (Å²) >= 11 is 0. The minimum absolute atomic E-state index is 0.148. The number of carbonyl (C=O) groups excluding carboxylic acids is 1. The Kier molecular flexibility index (Phi) is 6.49. The first-order valence-electron chi connectivity index (χ1n) is 8.84. The maximum absolute atomic E-state index is 12.0. The molecule has 0 radical (unpaired) electrons. The van der Waals surface area contributed by atoms with Gasteiger partial charge >= 0.3 is 6.03 Å². The molecule has 0 saturated heterocycles. The van der Waals surface area contributed by atoms with Crippen LogP contribution in [-0.2, 0) is 0 Å². The Hall–Kier alpha value is -1.75. The Balaban J connectivity index is 1.77. The zero-order valence-corrected chi connectivity index (χ0v) is 15.0. The van der Waals surface area contributed by atoms with Gasteiger partial charge in [-0.05, 0) is 68.7 Å². The molecule has 1 atom stereocenters. The molecule has 1 aliphatic rings. The van der Waals surface area contributed by atoms with Crippen molar-refractivity contribution in [3.8, 4) is 5.75 Å². The van der Waals surface area contributed by atoms with Crippen LogP contribution in [0.2, 0.25) is 0 Å². The van der Waals surface area contributed by atoms with Gasteiger partial charge in [0.2, 0.25) is 0 Å². The molecule has 1 aromatic carbocycles. The number of carbonyl (C=O) groups is 1. The van der Waals surface area contributed by atoms with Crippen LogP contribution >= 0.6 is 0 Å². The Morgan fingerprint density at radius 3 is 2.50 bits per heavy atom. The van der Waals surface area contributed by atoms with Crippen LogP contribution < -0.4 is 15.4 Å². The van der Waals surface area contributed by atoms with E-state index in [1.54, 1.807) is 6.92 Å². The number of urea groups is 1. The topological polar surface area (TPSA) is 70.6 Å². The van der Waals surface area contributed by atoms with Crippen molar-refractivity contribution >= 4 is 11.7 Å². The van der Waals surface area contributed by atoms with Crippen LogP contribution in [0.4, 0.5) is 10.5 Å². The van der Waals surface area contributed by atoms with Crippen molar-refractivity contribution in [2.75, 3.05) is 11.9 Å². The summed E-state index contributed by atoms with van der Waals surface area (Å²) in [4.78, 5) is 12.0. The molecule has 5 nitrogen and oxygen atoms in total. The van der Waals surface area contributed by atoms with Gasteiger partial charge in [-0.1, -0.05) is 13.8 Å². The van der Waals surface area contributed by atoms with E-state index < -0.39 is 0 Å². The average Bonchev–Trinajstić information content (AvgIpc) is 2.99. The molecule has 1 aliphatic carbocycles. The zero-order valence-electron chi connectivity index (χ0n) is 15.0. The fraction of sp³-hybridized carbons (Fsp3) is 0.632. The van der Waals surface area contributed by atoms with Gasteiger partial charge in [0.15, 0.2) is 0 Å². The highest BCUT2D eigenvalue weighted by Crippen LogP contribution is 2.25. The van der Waals surface area contributed by atoms with Gasteiger partial charge in [-0.15, -0.1) is 0 Å². The third-order valence-corrected chi connectivity index (χ3v) is 4.29. The van der Waals surface area contributed by atoms with Crippen LogP contribution in [0, 0.1) is 5.41 Å². The fourth-order valence-corrected chi connectivity index (χ4v) is 3.18. The van der Waals surface area contributed by atoms with Crippen molar-refractivity contribution in [3.63, 3.8) is 0 Å². The van der Waals surface area contributed by atoms with Gasteiger partial charge < -0.3 is 20.5 Å². The lowest BCUT2D eigenvalue weighted by Gasteiger charge is -2.26. The van der Waals surface area contributed by atoms with Gasteiger partial charge in [0, 0.05) is 12.2 Å². The van der Waals surface area contributed by atoms with Gasteiger partial charge in [-0.3, -0.25) is 0 Å². The quantitative estimate of drug-likeness (QED) is 0.707. The Morgan fingerprint density at radius 1 is 1.29 bits per heavy atom. The van der Waals surface area contributed by atoms with Gasteiger partial charge in [0.1, 0.15) is 5.75 Å². The largest absolute Gasteiger partial charge is 0.490 e. The van der Waals surface area contributed by atoms with Crippen molar-refractivity contribution in [1.29, 1.82) is 0 Å². The molecular formula is C19H30N2O3. The van der Waals surface area contributed by atoms with Crippen molar-refractivity contribution in [2.45, 2.75) is 65.1 Å². The highest BCUT2D eigenvalue weighted by molar-refractivity contribution is 5.89. The van der Waals surface area contributed by atoms with E-state index in [1.807, 2.05) is 38.1 Å². The normalized spacial score (nSPS) is 16.7. The van der Waals surface area contributed by atoms with E-state index in [9.17, 15) is 9.90 Å². The molecule has 5 heteroatoms. The predicted molar refractivity (Wildman–Crippen MR) is 96.4 cm³/mol. The predicted octanol–water partition coefficient (Wildman–Crippen LogP) is 3.93. The minimum atomic E-state index is -0.378. The molecule has 1 fully saturated rings. The summed E-state index contributed by atoms with van der Waals surface area (Å²) in [5.74, 6) is 0.853. The van der Waals surface area contributed by atoms with E-state index in [2.05, 4.69) is 10.6 Å². The first kappa shape index (κ1) is 18.6. The number of hydrogen-bond donors (Lipinski definition) is 3. The second-order valence-electron chi connectivity index (χ2n) is 7.57. The summed E-state index contributed by atoms with van der Waals surface area (Å²) in [6.45, 7) is 6.31. The highest BCUT2D eigenvalue weighted by Gasteiger charge is 2.21. The number of nitrogens with one attached hydrogen (secondary N) is 2.